The van der Waals surface area contributed by atoms with Gasteiger partial charge in [0, 0.05) is 6.07 Å². The summed E-state index contributed by atoms with van der Waals surface area (Å²) in [4.78, 5) is 18.1. The van der Waals surface area contributed by atoms with Crippen LogP contribution in [-0.2, 0) is 19.6 Å². The highest BCUT2D eigenvalue weighted by Gasteiger charge is 2.14. The molecule has 0 aromatic carbocycles. The molecule has 17 heavy (non-hydrogen) atoms. The zero-order valence-electron chi connectivity index (χ0n) is 8.88. The van der Waals surface area contributed by atoms with E-state index in [9.17, 15) is 13.2 Å². The van der Waals surface area contributed by atoms with E-state index in [4.69, 9.17) is 11.6 Å². The topological polar surface area (TPSA) is 98.2 Å². The molecule has 9 heteroatoms. The molecule has 0 saturated carbocycles. The van der Waals surface area contributed by atoms with Crippen molar-refractivity contribution in [3.63, 3.8) is 0 Å². The van der Waals surface area contributed by atoms with Crippen LogP contribution in [0.15, 0.2) is 12.4 Å². The molecule has 1 heterocycles. The lowest BCUT2D eigenvalue weighted by molar-refractivity contribution is -0.140. The average molecular weight is 280 g/mol. The molecule has 0 aliphatic carbocycles. The van der Waals surface area contributed by atoms with E-state index in [1.54, 1.807) is 0 Å². The van der Waals surface area contributed by atoms with E-state index in [0.717, 1.165) is 6.33 Å². The molecule has 0 saturated heterocycles. The number of nitrogens with one attached hydrogen (secondary N) is 1. The van der Waals surface area contributed by atoms with E-state index < -0.39 is 16.0 Å². The zero-order valence-corrected chi connectivity index (χ0v) is 10.5. The molecule has 0 aliphatic heterocycles. The number of carbonyl (C=O) groups excluding carboxylic acids is 1. The number of nitrogens with zero attached hydrogens (tertiary/aromatic N) is 2. The Morgan fingerprint density at radius 2 is 2.24 bits per heavy atom. The van der Waals surface area contributed by atoms with Gasteiger partial charge in [0.05, 0.1) is 19.3 Å². The standard InChI is InChI=1S/C8H10ClN3O4S/c1-16-8(13)2-3-17(14,15)12-7-4-6(9)10-5-11-7/h4-5H,2-3H2,1H3,(H,10,11,12). The Labute approximate surface area is 103 Å². The predicted molar refractivity (Wildman–Crippen MR) is 61.1 cm³/mol. The van der Waals surface area contributed by atoms with Crippen molar-refractivity contribution in [3.8, 4) is 0 Å². The minimum Gasteiger partial charge on any atom is -0.469 e. The van der Waals surface area contributed by atoms with Gasteiger partial charge < -0.3 is 4.74 Å². The third kappa shape index (κ3) is 4.96. The molecular formula is C8H10ClN3O4S. The molecule has 7 nitrogen and oxygen atoms in total. The number of halogens is 1. The summed E-state index contributed by atoms with van der Waals surface area (Å²) in [5.41, 5.74) is 0. The third-order valence-corrected chi connectivity index (χ3v) is 3.16. The first-order chi connectivity index (χ1) is 7.93. The molecule has 0 spiro atoms. The average Bonchev–Trinajstić information content (AvgIpc) is 2.25. The van der Waals surface area contributed by atoms with Gasteiger partial charge in [0.15, 0.2) is 0 Å². The van der Waals surface area contributed by atoms with Crippen molar-refractivity contribution in [1.82, 2.24) is 9.97 Å². The molecule has 1 aromatic heterocycles. The molecule has 1 aromatic rings. The van der Waals surface area contributed by atoms with Crippen LogP contribution in [0.25, 0.3) is 0 Å². The molecule has 0 amide bonds. The second kappa shape index (κ2) is 5.78. The maximum atomic E-state index is 11.5. The number of esters is 1. The highest BCUT2D eigenvalue weighted by Crippen LogP contribution is 2.10. The van der Waals surface area contributed by atoms with E-state index >= 15 is 0 Å². The van der Waals surface area contributed by atoms with Gasteiger partial charge in [-0.3, -0.25) is 9.52 Å². The Hall–Kier alpha value is -1.41. The first-order valence-corrected chi connectivity index (χ1v) is 6.51. The van der Waals surface area contributed by atoms with Gasteiger partial charge in [-0.15, -0.1) is 0 Å². The maximum Gasteiger partial charge on any atom is 0.306 e. The highest BCUT2D eigenvalue weighted by atomic mass is 35.5. The SMILES string of the molecule is COC(=O)CCS(=O)(=O)Nc1cc(Cl)ncn1. The van der Waals surface area contributed by atoms with Crippen molar-refractivity contribution in [1.29, 1.82) is 0 Å². The second-order valence-corrected chi connectivity index (χ2v) is 5.20. The fourth-order valence-electron chi connectivity index (χ4n) is 0.920. The molecule has 0 fully saturated rings. The minimum atomic E-state index is -3.66. The molecule has 1 N–H and O–H groups in total. The Balaban J connectivity index is 2.64. The van der Waals surface area contributed by atoms with E-state index in [1.807, 2.05) is 0 Å². The smallest absolute Gasteiger partial charge is 0.306 e. The van der Waals surface area contributed by atoms with Gasteiger partial charge >= 0.3 is 5.97 Å². The quantitative estimate of drug-likeness (QED) is 0.620. The fraction of sp³-hybridized carbons (Fsp3) is 0.375. The number of sulfonamides is 1. The summed E-state index contributed by atoms with van der Waals surface area (Å²) in [6.07, 6.45) is 0.894. The van der Waals surface area contributed by atoms with Gasteiger partial charge in [-0.25, -0.2) is 18.4 Å². The summed E-state index contributed by atoms with van der Waals surface area (Å²) < 4.78 is 29.5. The number of rotatable bonds is 5. The number of hydrogen-bond acceptors (Lipinski definition) is 6. The van der Waals surface area contributed by atoms with Crippen molar-refractivity contribution < 1.29 is 17.9 Å². The Bertz CT molecular complexity index is 505. The largest absolute Gasteiger partial charge is 0.469 e. The maximum absolute atomic E-state index is 11.5. The number of methoxy groups -OCH3 is 1. The fourth-order valence-corrected chi connectivity index (χ4v) is 2.03. The second-order valence-electron chi connectivity index (χ2n) is 2.97. The van der Waals surface area contributed by atoms with E-state index in [-0.39, 0.29) is 23.1 Å². The summed E-state index contributed by atoms with van der Waals surface area (Å²) in [5, 5.41) is 0.116. The van der Waals surface area contributed by atoms with Crippen LogP contribution in [0, 0.1) is 0 Å². The molecule has 0 radical (unpaired) electrons. The number of aromatic nitrogens is 2. The zero-order chi connectivity index (χ0) is 12.9. The van der Waals surface area contributed by atoms with Crippen LogP contribution in [0.2, 0.25) is 5.15 Å². The number of carbonyl (C=O) groups is 1. The molecule has 1 rings (SSSR count). The monoisotopic (exact) mass is 279 g/mol. The van der Waals surface area contributed by atoms with Gasteiger partial charge in [0.2, 0.25) is 10.0 Å². The Kier molecular flexibility index (Phi) is 4.64. The van der Waals surface area contributed by atoms with Crippen molar-refractivity contribution in [2.75, 3.05) is 17.6 Å². The van der Waals surface area contributed by atoms with Gasteiger partial charge in [-0.2, -0.15) is 0 Å². The normalized spacial score (nSPS) is 10.9. The van der Waals surface area contributed by atoms with Gasteiger partial charge in [-0.05, 0) is 0 Å². The van der Waals surface area contributed by atoms with Crippen LogP contribution in [-0.4, -0.2) is 37.2 Å². The first kappa shape index (κ1) is 13.7. The van der Waals surface area contributed by atoms with Crippen LogP contribution in [0.3, 0.4) is 0 Å². The summed E-state index contributed by atoms with van der Waals surface area (Å²) in [6.45, 7) is 0. The Morgan fingerprint density at radius 1 is 1.53 bits per heavy atom. The molecule has 0 atom stereocenters. The predicted octanol–water partition coefficient (Wildman–Crippen LogP) is 0.435. The van der Waals surface area contributed by atoms with Crippen molar-refractivity contribution >= 4 is 33.4 Å². The lowest BCUT2D eigenvalue weighted by Crippen LogP contribution is -2.20. The van der Waals surface area contributed by atoms with Crippen LogP contribution in [0.4, 0.5) is 5.82 Å². The van der Waals surface area contributed by atoms with Gasteiger partial charge in [0.25, 0.3) is 0 Å². The van der Waals surface area contributed by atoms with Crippen LogP contribution < -0.4 is 4.72 Å². The van der Waals surface area contributed by atoms with E-state index in [0.29, 0.717) is 0 Å². The molecule has 0 unspecified atom stereocenters. The highest BCUT2D eigenvalue weighted by molar-refractivity contribution is 7.92. The molecular weight excluding hydrogens is 270 g/mol. The van der Waals surface area contributed by atoms with Crippen molar-refractivity contribution in [2.45, 2.75) is 6.42 Å². The van der Waals surface area contributed by atoms with Crippen LogP contribution >= 0.6 is 11.6 Å². The molecule has 0 bridgehead atoms. The Morgan fingerprint density at radius 3 is 2.82 bits per heavy atom. The lowest BCUT2D eigenvalue weighted by Gasteiger charge is -2.06. The first-order valence-electron chi connectivity index (χ1n) is 4.48. The third-order valence-electron chi connectivity index (χ3n) is 1.70. The van der Waals surface area contributed by atoms with Crippen molar-refractivity contribution in [3.05, 3.63) is 17.5 Å². The summed E-state index contributed by atoms with van der Waals surface area (Å²) in [6, 6.07) is 1.26. The van der Waals surface area contributed by atoms with Crippen LogP contribution in [0.1, 0.15) is 6.42 Å². The van der Waals surface area contributed by atoms with Gasteiger partial charge in [0.1, 0.15) is 17.3 Å². The molecule has 0 aliphatic rings. The molecule has 94 valence electrons. The van der Waals surface area contributed by atoms with Crippen molar-refractivity contribution in [2.24, 2.45) is 0 Å². The summed E-state index contributed by atoms with van der Waals surface area (Å²) in [7, 11) is -2.47. The van der Waals surface area contributed by atoms with Crippen LogP contribution in [0.5, 0.6) is 0 Å². The lowest BCUT2D eigenvalue weighted by atomic mass is 10.5. The number of anilines is 1. The summed E-state index contributed by atoms with van der Waals surface area (Å²) in [5.74, 6) is -0.938. The van der Waals surface area contributed by atoms with E-state index in [1.165, 1.54) is 13.2 Å². The van der Waals surface area contributed by atoms with E-state index in [2.05, 4.69) is 19.4 Å². The summed E-state index contributed by atoms with van der Waals surface area (Å²) >= 11 is 5.56. The number of ether oxygens (including phenoxy) is 1. The number of hydrogen-bond donors (Lipinski definition) is 1. The minimum absolute atomic E-state index is 0.0508. The van der Waals surface area contributed by atoms with Gasteiger partial charge in [-0.1, -0.05) is 11.6 Å².